The van der Waals surface area contributed by atoms with Crippen molar-refractivity contribution in [1.82, 2.24) is 0 Å². The number of carboxylic acid groups (broad SMARTS) is 1. The standard InChI is InChI=1S/C35H51NO4/c1-5-6-7-8-9-10-11-12-13-16-29-40-35(39)26-20-31(3)18-15-14-17-30(2)19-21-32-22-24-33(25-23-32)36(4)28-27-34(37)38/h14-15,17-26H,5-13,16,27-29H2,1-4H3,(H,37,38). The maximum Gasteiger partial charge on any atom is 0.330 e. The van der Waals surface area contributed by atoms with Gasteiger partial charge in [-0.3, -0.25) is 4.79 Å². The second-order valence-corrected chi connectivity index (χ2v) is 10.4. The van der Waals surface area contributed by atoms with E-state index in [2.05, 4.69) is 13.0 Å². The van der Waals surface area contributed by atoms with Crippen molar-refractivity contribution < 1.29 is 19.4 Å². The van der Waals surface area contributed by atoms with Crippen molar-refractivity contribution in [2.75, 3.05) is 25.1 Å². The minimum atomic E-state index is -0.792. The number of aliphatic carboxylic acids is 1. The van der Waals surface area contributed by atoms with Gasteiger partial charge in [-0.15, -0.1) is 0 Å². The number of rotatable bonds is 21. The molecule has 0 aliphatic rings. The van der Waals surface area contributed by atoms with Crippen LogP contribution in [0.25, 0.3) is 6.08 Å². The van der Waals surface area contributed by atoms with Gasteiger partial charge in [0.1, 0.15) is 0 Å². The molecule has 0 heterocycles. The third-order valence-corrected chi connectivity index (χ3v) is 6.59. The van der Waals surface area contributed by atoms with Gasteiger partial charge in [0.15, 0.2) is 0 Å². The second-order valence-electron chi connectivity index (χ2n) is 10.4. The zero-order valence-corrected chi connectivity index (χ0v) is 25.2. The van der Waals surface area contributed by atoms with Gasteiger partial charge >= 0.3 is 11.9 Å². The molecule has 220 valence electrons. The monoisotopic (exact) mass is 549 g/mol. The van der Waals surface area contributed by atoms with E-state index >= 15 is 0 Å². The molecule has 0 unspecified atom stereocenters. The summed E-state index contributed by atoms with van der Waals surface area (Å²) in [6.07, 6.45) is 28.0. The zero-order chi connectivity index (χ0) is 29.4. The van der Waals surface area contributed by atoms with Gasteiger partial charge in [-0.1, -0.05) is 131 Å². The van der Waals surface area contributed by atoms with Crippen LogP contribution in [0, 0.1) is 0 Å². The average Bonchev–Trinajstić information content (AvgIpc) is 2.94. The van der Waals surface area contributed by atoms with Gasteiger partial charge in [-0.2, -0.15) is 0 Å². The lowest BCUT2D eigenvalue weighted by Crippen LogP contribution is -2.20. The van der Waals surface area contributed by atoms with Crippen LogP contribution in [0.5, 0.6) is 0 Å². The van der Waals surface area contributed by atoms with Gasteiger partial charge in [0.25, 0.3) is 0 Å². The van der Waals surface area contributed by atoms with E-state index in [4.69, 9.17) is 9.84 Å². The molecule has 40 heavy (non-hydrogen) atoms. The van der Waals surface area contributed by atoms with Crippen molar-refractivity contribution >= 4 is 23.7 Å². The van der Waals surface area contributed by atoms with E-state index < -0.39 is 5.97 Å². The van der Waals surface area contributed by atoms with Gasteiger partial charge in [0.2, 0.25) is 0 Å². The first-order valence-electron chi connectivity index (χ1n) is 14.9. The van der Waals surface area contributed by atoms with E-state index in [0.29, 0.717) is 13.2 Å². The largest absolute Gasteiger partial charge is 0.481 e. The fourth-order valence-corrected chi connectivity index (χ4v) is 4.00. The van der Waals surface area contributed by atoms with Crippen LogP contribution >= 0.6 is 0 Å². The Morgan fingerprint density at radius 1 is 0.800 bits per heavy atom. The highest BCUT2D eigenvalue weighted by atomic mass is 16.5. The maximum atomic E-state index is 11.9. The van der Waals surface area contributed by atoms with Crippen molar-refractivity contribution in [3.63, 3.8) is 0 Å². The SMILES string of the molecule is CCCCCCCCCCCCOC(=O)C=CC(C)=CC=CC=C(C)C=Cc1ccc(N(C)CCC(=O)O)cc1. The van der Waals surface area contributed by atoms with E-state index in [1.54, 1.807) is 6.08 Å². The predicted octanol–water partition coefficient (Wildman–Crippen LogP) is 9.08. The number of allylic oxidation sites excluding steroid dienone is 8. The summed E-state index contributed by atoms with van der Waals surface area (Å²) in [4.78, 5) is 24.6. The fraction of sp³-hybridized carbons (Fsp3) is 0.486. The molecule has 0 radical (unpaired) electrons. The number of esters is 1. The van der Waals surface area contributed by atoms with Crippen molar-refractivity contribution in [3.8, 4) is 0 Å². The van der Waals surface area contributed by atoms with Crippen molar-refractivity contribution in [2.45, 2.75) is 91.4 Å². The number of carbonyl (C=O) groups excluding carboxylic acids is 1. The predicted molar refractivity (Wildman–Crippen MR) is 170 cm³/mol. The van der Waals surface area contributed by atoms with E-state index in [1.807, 2.05) is 80.4 Å². The number of carbonyl (C=O) groups is 2. The molecule has 0 saturated heterocycles. The normalized spacial score (nSPS) is 12.6. The Morgan fingerprint density at radius 3 is 1.93 bits per heavy atom. The Bertz CT molecular complexity index is 999. The minimum absolute atomic E-state index is 0.118. The Hall–Kier alpha value is -3.34. The smallest absolute Gasteiger partial charge is 0.330 e. The number of benzene rings is 1. The van der Waals surface area contributed by atoms with Crippen molar-refractivity contribution in [2.24, 2.45) is 0 Å². The minimum Gasteiger partial charge on any atom is -0.481 e. The number of anilines is 1. The summed E-state index contributed by atoms with van der Waals surface area (Å²) in [5.41, 5.74) is 4.15. The highest BCUT2D eigenvalue weighted by molar-refractivity contribution is 5.82. The van der Waals surface area contributed by atoms with Crippen LogP contribution in [-0.4, -0.2) is 37.2 Å². The topological polar surface area (TPSA) is 66.8 Å². The summed E-state index contributed by atoms with van der Waals surface area (Å²) in [7, 11) is 1.89. The van der Waals surface area contributed by atoms with Crippen LogP contribution in [0.15, 0.2) is 77.9 Å². The lowest BCUT2D eigenvalue weighted by molar-refractivity contribution is -0.138. The molecular formula is C35H51NO4. The summed E-state index contributed by atoms with van der Waals surface area (Å²) in [5, 5.41) is 8.83. The lowest BCUT2D eigenvalue weighted by Gasteiger charge is -2.18. The molecule has 0 amide bonds. The Balaban J connectivity index is 2.29. The lowest BCUT2D eigenvalue weighted by atomic mass is 10.1. The van der Waals surface area contributed by atoms with Crippen molar-refractivity contribution in [3.05, 3.63) is 83.5 Å². The van der Waals surface area contributed by atoms with Gasteiger partial charge in [-0.05, 0) is 38.0 Å². The second kappa shape index (κ2) is 22.5. The first-order chi connectivity index (χ1) is 19.3. The summed E-state index contributed by atoms with van der Waals surface area (Å²) in [5.74, 6) is -1.08. The molecule has 0 spiro atoms. The quantitative estimate of drug-likeness (QED) is 0.0717. The Morgan fingerprint density at radius 2 is 1.35 bits per heavy atom. The summed E-state index contributed by atoms with van der Waals surface area (Å²) < 4.78 is 5.31. The molecule has 0 atom stereocenters. The number of ether oxygens (including phenoxy) is 1. The fourth-order valence-electron chi connectivity index (χ4n) is 4.00. The maximum absolute atomic E-state index is 11.9. The van der Waals surface area contributed by atoms with Crippen LogP contribution in [0.3, 0.4) is 0 Å². The molecule has 0 bridgehead atoms. The van der Waals surface area contributed by atoms with E-state index in [1.165, 1.54) is 57.4 Å². The molecule has 5 heteroatoms. The molecule has 0 fully saturated rings. The molecule has 5 nitrogen and oxygen atoms in total. The molecule has 1 aromatic rings. The van der Waals surface area contributed by atoms with Gasteiger partial charge in [0, 0.05) is 25.4 Å². The zero-order valence-electron chi connectivity index (χ0n) is 25.2. The van der Waals surface area contributed by atoms with Gasteiger partial charge in [0.05, 0.1) is 13.0 Å². The third-order valence-electron chi connectivity index (χ3n) is 6.59. The highest BCUT2D eigenvalue weighted by Gasteiger charge is 2.03. The van der Waals surface area contributed by atoms with Crippen LogP contribution < -0.4 is 4.90 Å². The molecule has 0 aliphatic carbocycles. The number of hydrogen-bond acceptors (Lipinski definition) is 4. The number of unbranched alkanes of at least 4 members (excludes halogenated alkanes) is 9. The number of carboxylic acids is 1. The van der Waals surface area contributed by atoms with Crippen LogP contribution in [0.4, 0.5) is 5.69 Å². The summed E-state index contributed by atoms with van der Waals surface area (Å²) >= 11 is 0. The molecule has 0 aliphatic heterocycles. The molecular weight excluding hydrogens is 498 g/mol. The highest BCUT2D eigenvalue weighted by Crippen LogP contribution is 2.16. The van der Waals surface area contributed by atoms with E-state index in [-0.39, 0.29) is 12.4 Å². The molecule has 0 saturated carbocycles. The molecule has 1 rings (SSSR count). The van der Waals surface area contributed by atoms with Crippen LogP contribution in [-0.2, 0) is 14.3 Å². The number of nitrogens with zero attached hydrogens (tertiary/aromatic N) is 1. The van der Waals surface area contributed by atoms with Crippen LogP contribution in [0.1, 0.15) is 97.0 Å². The third kappa shape index (κ3) is 18.8. The first-order valence-corrected chi connectivity index (χ1v) is 14.9. The average molecular weight is 550 g/mol. The molecule has 1 aromatic carbocycles. The van der Waals surface area contributed by atoms with Crippen molar-refractivity contribution in [1.29, 1.82) is 0 Å². The Labute approximate surface area is 243 Å². The van der Waals surface area contributed by atoms with E-state index in [0.717, 1.165) is 35.2 Å². The summed E-state index contributed by atoms with van der Waals surface area (Å²) in [6, 6.07) is 8.03. The first kappa shape index (κ1) is 34.7. The van der Waals surface area contributed by atoms with Gasteiger partial charge < -0.3 is 14.7 Å². The molecule has 1 N–H and O–H groups in total. The summed E-state index contributed by atoms with van der Waals surface area (Å²) in [6.45, 7) is 7.21. The van der Waals surface area contributed by atoms with Crippen LogP contribution in [0.2, 0.25) is 0 Å². The number of hydrogen-bond donors (Lipinski definition) is 1. The Kier molecular flexibility index (Phi) is 19.5. The van der Waals surface area contributed by atoms with E-state index in [9.17, 15) is 9.59 Å². The van der Waals surface area contributed by atoms with Gasteiger partial charge in [-0.25, -0.2) is 4.79 Å². The molecule has 0 aromatic heterocycles.